The minimum Gasteiger partial charge on any atom is -0.482 e. The number of nitrogens with zero attached hydrogens (tertiary/aromatic N) is 3. The van der Waals surface area contributed by atoms with Gasteiger partial charge in [0.25, 0.3) is 5.91 Å². The maximum atomic E-state index is 13.3. The Hall–Kier alpha value is -2.49. The molecular formula is C21H12Cl5FN4O3. The lowest BCUT2D eigenvalue weighted by Gasteiger charge is -2.12. The maximum absolute atomic E-state index is 13.3. The summed E-state index contributed by atoms with van der Waals surface area (Å²) >= 11 is 30.3. The number of hydrogen-bond donors (Lipinski definition) is 1. The molecule has 4 aromatic rings. The zero-order valence-electron chi connectivity index (χ0n) is 16.8. The van der Waals surface area contributed by atoms with Crippen LogP contribution >= 0.6 is 58.0 Å². The first kappa shape index (κ1) is 24.6. The first-order chi connectivity index (χ1) is 16.2. The van der Waals surface area contributed by atoms with Crippen molar-refractivity contribution in [2.45, 2.75) is 13.2 Å². The summed E-state index contributed by atoms with van der Waals surface area (Å²) in [5.74, 6) is -0.565. The molecule has 1 N–H and O–H groups in total. The molecule has 2 aromatic heterocycles. The van der Waals surface area contributed by atoms with Gasteiger partial charge in [0, 0.05) is 0 Å². The van der Waals surface area contributed by atoms with Crippen LogP contribution in [0.15, 0.2) is 47.1 Å². The highest BCUT2D eigenvalue weighted by Gasteiger charge is 2.21. The van der Waals surface area contributed by atoms with Crippen LogP contribution in [0.5, 0.6) is 5.75 Å². The van der Waals surface area contributed by atoms with Gasteiger partial charge in [-0.3, -0.25) is 10.1 Å². The van der Waals surface area contributed by atoms with E-state index >= 15 is 0 Å². The second kappa shape index (κ2) is 10.4. The third-order valence-electron chi connectivity index (χ3n) is 4.41. The fourth-order valence-electron chi connectivity index (χ4n) is 2.85. The van der Waals surface area contributed by atoms with Gasteiger partial charge in [0.1, 0.15) is 34.6 Å². The second-order valence-corrected chi connectivity index (χ2v) is 8.69. The smallest absolute Gasteiger partial charge is 0.293 e. The Bertz CT molecular complexity index is 1350. The zero-order valence-corrected chi connectivity index (χ0v) is 20.6. The van der Waals surface area contributed by atoms with Crippen LogP contribution in [0.3, 0.4) is 0 Å². The highest BCUT2D eigenvalue weighted by molar-refractivity contribution is 6.55. The molecule has 0 unspecified atom stereocenters. The number of anilines is 1. The van der Waals surface area contributed by atoms with E-state index in [0.29, 0.717) is 11.3 Å². The molecule has 2 aromatic carbocycles. The molecule has 34 heavy (non-hydrogen) atoms. The van der Waals surface area contributed by atoms with Gasteiger partial charge in [-0.15, -0.1) is 5.10 Å². The summed E-state index contributed by atoms with van der Waals surface area (Å²) < 4.78 is 25.9. The number of nitrogens with one attached hydrogen (secondary N) is 1. The Morgan fingerprint density at radius 3 is 2.44 bits per heavy atom. The highest BCUT2D eigenvalue weighted by atomic mass is 35.5. The van der Waals surface area contributed by atoms with Crippen molar-refractivity contribution in [1.29, 1.82) is 0 Å². The van der Waals surface area contributed by atoms with Crippen molar-refractivity contribution < 1.29 is 18.3 Å². The van der Waals surface area contributed by atoms with E-state index in [1.54, 1.807) is 12.1 Å². The minimum absolute atomic E-state index is 0.00317. The molecule has 0 aliphatic heterocycles. The Morgan fingerprint density at radius 1 is 1.03 bits per heavy atom. The van der Waals surface area contributed by atoms with Gasteiger partial charge in [0.2, 0.25) is 5.95 Å². The molecule has 0 spiro atoms. The van der Waals surface area contributed by atoms with Crippen LogP contribution in [0.25, 0.3) is 0 Å². The summed E-state index contributed by atoms with van der Waals surface area (Å²) in [7, 11) is 0. The molecular weight excluding hydrogens is 553 g/mol. The Morgan fingerprint density at radius 2 is 1.74 bits per heavy atom. The number of furan rings is 1. The zero-order chi connectivity index (χ0) is 24.4. The Labute approximate surface area is 217 Å². The summed E-state index contributed by atoms with van der Waals surface area (Å²) in [6.07, 6.45) is 1.41. The molecule has 4 rings (SSSR count). The third kappa shape index (κ3) is 5.42. The molecule has 0 radical (unpaired) electrons. The largest absolute Gasteiger partial charge is 0.482 e. The predicted molar refractivity (Wildman–Crippen MR) is 128 cm³/mol. The maximum Gasteiger partial charge on any atom is 0.293 e. The van der Waals surface area contributed by atoms with Gasteiger partial charge in [-0.05, 0) is 29.8 Å². The van der Waals surface area contributed by atoms with Gasteiger partial charge >= 0.3 is 0 Å². The van der Waals surface area contributed by atoms with Gasteiger partial charge in [0.15, 0.2) is 11.5 Å². The van der Waals surface area contributed by atoms with E-state index in [9.17, 15) is 9.18 Å². The average molecular weight is 565 g/mol. The monoisotopic (exact) mass is 562 g/mol. The standard InChI is InChI=1S/C21H12Cl5FN4O3/c22-14-15(23)17(25)19(18(26)16(14)24)33-8-12-4-5-13(34-12)20(32)29-21-28-9-31(30-21)7-10-2-1-3-11(27)6-10/h1-6,9H,7-8H2,(H,29,30,32). The summed E-state index contributed by atoms with van der Waals surface area (Å²) in [5.41, 5.74) is 0.696. The van der Waals surface area contributed by atoms with Crippen LogP contribution < -0.4 is 10.1 Å². The number of amides is 1. The summed E-state index contributed by atoms with van der Waals surface area (Å²) in [6.45, 7) is 0.161. The second-order valence-electron chi connectivity index (χ2n) is 6.80. The number of benzene rings is 2. The van der Waals surface area contributed by atoms with E-state index in [1.807, 2.05) is 0 Å². The fraction of sp³-hybridized carbons (Fsp3) is 0.0952. The topological polar surface area (TPSA) is 82.2 Å². The van der Waals surface area contributed by atoms with Crippen molar-refractivity contribution in [2.75, 3.05) is 5.32 Å². The number of hydrogen-bond acceptors (Lipinski definition) is 5. The highest BCUT2D eigenvalue weighted by Crippen LogP contribution is 2.48. The van der Waals surface area contributed by atoms with Crippen molar-refractivity contribution >= 4 is 69.9 Å². The average Bonchev–Trinajstić information content (AvgIpc) is 3.46. The fourth-order valence-corrected chi connectivity index (χ4v) is 4.08. The van der Waals surface area contributed by atoms with Crippen LogP contribution in [-0.4, -0.2) is 20.7 Å². The molecule has 2 heterocycles. The lowest BCUT2D eigenvalue weighted by molar-refractivity contribution is 0.0991. The van der Waals surface area contributed by atoms with E-state index < -0.39 is 5.91 Å². The van der Waals surface area contributed by atoms with Crippen molar-refractivity contribution in [1.82, 2.24) is 14.8 Å². The molecule has 0 bridgehead atoms. The molecule has 0 aliphatic rings. The Balaban J connectivity index is 1.38. The molecule has 13 heteroatoms. The van der Waals surface area contributed by atoms with E-state index in [0.717, 1.165) is 0 Å². The van der Waals surface area contributed by atoms with Crippen molar-refractivity contribution in [3.05, 3.63) is 90.7 Å². The van der Waals surface area contributed by atoms with E-state index in [1.165, 1.54) is 35.3 Å². The van der Waals surface area contributed by atoms with Crippen molar-refractivity contribution in [3.8, 4) is 5.75 Å². The summed E-state index contributed by atoms with van der Waals surface area (Å²) in [5, 5.41) is 6.65. The first-order valence-corrected chi connectivity index (χ1v) is 11.3. The number of rotatable bonds is 7. The van der Waals surface area contributed by atoms with Gasteiger partial charge in [-0.25, -0.2) is 14.1 Å². The van der Waals surface area contributed by atoms with Crippen LogP contribution in [0, 0.1) is 5.82 Å². The predicted octanol–water partition coefficient (Wildman–Crippen LogP) is 7.16. The molecule has 1 amide bonds. The molecule has 0 saturated heterocycles. The van der Waals surface area contributed by atoms with Crippen molar-refractivity contribution in [3.63, 3.8) is 0 Å². The van der Waals surface area contributed by atoms with E-state index in [-0.39, 0.29) is 61.5 Å². The number of halogens is 6. The molecule has 0 saturated carbocycles. The molecule has 176 valence electrons. The lowest BCUT2D eigenvalue weighted by atomic mass is 10.2. The van der Waals surface area contributed by atoms with Crippen LogP contribution in [-0.2, 0) is 13.2 Å². The SMILES string of the molecule is O=C(Nc1ncn(Cc2cccc(F)c2)n1)c1ccc(COc2c(Cl)c(Cl)c(Cl)c(Cl)c2Cl)o1. The van der Waals surface area contributed by atoms with Crippen LogP contribution in [0.4, 0.5) is 10.3 Å². The van der Waals surface area contributed by atoms with Crippen LogP contribution in [0.2, 0.25) is 25.1 Å². The van der Waals surface area contributed by atoms with Crippen LogP contribution in [0.1, 0.15) is 21.9 Å². The Kier molecular flexibility index (Phi) is 7.54. The number of aromatic nitrogens is 3. The van der Waals surface area contributed by atoms with Gasteiger partial charge in [0.05, 0.1) is 21.6 Å². The molecule has 7 nitrogen and oxygen atoms in total. The normalized spacial score (nSPS) is 11.0. The molecule has 0 atom stereocenters. The molecule has 0 aliphatic carbocycles. The van der Waals surface area contributed by atoms with E-state index in [4.69, 9.17) is 67.2 Å². The number of carbonyl (C=O) groups excluding carboxylic acids is 1. The summed E-state index contributed by atoms with van der Waals surface area (Å²) in [6, 6.07) is 9.07. The number of ether oxygens (including phenoxy) is 1. The van der Waals surface area contributed by atoms with Gasteiger partial charge in [-0.2, -0.15) is 0 Å². The summed E-state index contributed by atoms with van der Waals surface area (Å²) in [4.78, 5) is 16.5. The lowest BCUT2D eigenvalue weighted by Crippen LogP contribution is -2.12. The third-order valence-corrected chi connectivity index (χ3v) is 6.65. The van der Waals surface area contributed by atoms with Crippen molar-refractivity contribution in [2.24, 2.45) is 0 Å². The first-order valence-electron chi connectivity index (χ1n) is 9.41. The van der Waals surface area contributed by atoms with Gasteiger partial charge < -0.3 is 9.15 Å². The minimum atomic E-state index is -0.580. The quantitative estimate of drug-likeness (QED) is 0.190. The molecule has 0 fully saturated rings. The number of carbonyl (C=O) groups is 1. The van der Waals surface area contributed by atoms with E-state index in [2.05, 4.69) is 15.4 Å². The van der Waals surface area contributed by atoms with Gasteiger partial charge in [-0.1, -0.05) is 70.1 Å².